The van der Waals surface area contributed by atoms with E-state index in [0.29, 0.717) is 21.7 Å². The van der Waals surface area contributed by atoms with Gasteiger partial charge in [-0.25, -0.2) is 0 Å². The second kappa shape index (κ2) is 6.01. The largest absolute Gasteiger partial charge is 0.482 e. The SMILES string of the molecule is CC(SC12CC3CC(CC(C3)C1)C2)C(=O)c1ccc2c(c1)NC(=O)CO2. The molecule has 0 spiro atoms. The summed E-state index contributed by atoms with van der Waals surface area (Å²) in [6.07, 6.45) is 8.17. The molecule has 4 fully saturated rings. The second-order valence-electron chi connectivity index (χ2n) is 8.77. The molecule has 1 unspecified atom stereocenters. The minimum absolute atomic E-state index is 0.0402. The summed E-state index contributed by atoms with van der Waals surface area (Å²) in [6, 6.07) is 5.39. The van der Waals surface area contributed by atoms with Gasteiger partial charge in [-0.15, -0.1) is 11.8 Å². The van der Waals surface area contributed by atoms with Gasteiger partial charge in [0.25, 0.3) is 5.91 Å². The topological polar surface area (TPSA) is 55.4 Å². The molecule has 5 aliphatic rings. The number of carbonyl (C=O) groups is 2. The fourth-order valence-corrected chi connectivity index (χ4v) is 8.06. The number of benzene rings is 1. The zero-order valence-corrected chi connectivity index (χ0v) is 15.9. The number of nitrogens with one attached hydrogen (secondary N) is 1. The summed E-state index contributed by atoms with van der Waals surface area (Å²) in [6.45, 7) is 2.10. The lowest BCUT2D eigenvalue weighted by atomic mass is 9.56. The van der Waals surface area contributed by atoms with E-state index in [4.69, 9.17) is 4.74 Å². The molecule has 4 bridgehead atoms. The van der Waals surface area contributed by atoms with Crippen molar-refractivity contribution >= 4 is 29.1 Å². The van der Waals surface area contributed by atoms with Gasteiger partial charge in [0.1, 0.15) is 5.75 Å². The Kier molecular flexibility index (Phi) is 3.85. The number of anilines is 1. The molecule has 6 rings (SSSR count). The van der Waals surface area contributed by atoms with Crippen molar-refractivity contribution in [1.29, 1.82) is 0 Å². The molecule has 4 saturated carbocycles. The molecule has 1 N–H and O–H groups in total. The number of fused-ring (bicyclic) bond motifs is 1. The molecule has 1 atom stereocenters. The highest BCUT2D eigenvalue weighted by atomic mass is 32.2. The van der Waals surface area contributed by atoms with Crippen LogP contribution in [-0.2, 0) is 4.79 Å². The number of ether oxygens (including phenoxy) is 1. The number of carbonyl (C=O) groups excluding carboxylic acids is 2. The highest BCUT2D eigenvalue weighted by Crippen LogP contribution is 2.61. The maximum absolute atomic E-state index is 13.1. The van der Waals surface area contributed by atoms with Crippen LogP contribution in [0.5, 0.6) is 5.75 Å². The number of hydrogen-bond donors (Lipinski definition) is 1. The fraction of sp³-hybridized carbons (Fsp3) is 0.619. The summed E-state index contributed by atoms with van der Waals surface area (Å²) < 4.78 is 5.72. The minimum Gasteiger partial charge on any atom is -0.482 e. The minimum atomic E-state index is -0.168. The third kappa shape index (κ3) is 2.84. The molecule has 1 amide bonds. The van der Waals surface area contributed by atoms with Crippen molar-refractivity contribution in [2.45, 2.75) is 55.4 Å². The first kappa shape index (κ1) is 16.7. The van der Waals surface area contributed by atoms with Crippen LogP contribution < -0.4 is 10.1 Å². The van der Waals surface area contributed by atoms with E-state index in [1.807, 2.05) is 17.8 Å². The summed E-state index contributed by atoms with van der Waals surface area (Å²) in [5.74, 6) is 3.32. The van der Waals surface area contributed by atoms with Crippen LogP contribution in [0.15, 0.2) is 18.2 Å². The standard InChI is InChI=1S/C21H25NO3S/c1-12(26-21-8-13-4-14(9-21)6-15(5-13)10-21)20(24)16-2-3-18-17(7-16)22-19(23)11-25-18/h2-3,7,12-15H,4-6,8-11H2,1H3,(H,22,23). The van der Waals surface area contributed by atoms with Crippen molar-refractivity contribution in [3.8, 4) is 5.75 Å². The Labute approximate surface area is 158 Å². The molecule has 1 heterocycles. The Hall–Kier alpha value is -1.49. The summed E-state index contributed by atoms with van der Waals surface area (Å²) in [7, 11) is 0. The Morgan fingerprint density at radius 1 is 1.19 bits per heavy atom. The normalized spacial score (nSPS) is 35.4. The van der Waals surface area contributed by atoms with Crippen molar-refractivity contribution in [3.05, 3.63) is 23.8 Å². The molecular formula is C21H25NO3S. The van der Waals surface area contributed by atoms with Gasteiger partial charge in [-0.1, -0.05) is 0 Å². The molecule has 0 radical (unpaired) electrons. The molecule has 26 heavy (non-hydrogen) atoms. The third-order valence-corrected chi connectivity index (χ3v) is 8.24. The van der Waals surface area contributed by atoms with Crippen LogP contribution in [-0.4, -0.2) is 28.3 Å². The van der Waals surface area contributed by atoms with Crippen LogP contribution >= 0.6 is 11.8 Å². The van der Waals surface area contributed by atoms with Gasteiger partial charge in [0.05, 0.1) is 10.9 Å². The van der Waals surface area contributed by atoms with Gasteiger partial charge >= 0.3 is 0 Å². The van der Waals surface area contributed by atoms with Crippen LogP contribution in [0.3, 0.4) is 0 Å². The lowest BCUT2D eigenvalue weighted by Gasteiger charge is -2.57. The first-order valence-corrected chi connectivity index (χ1v) is 10.7. The van der Waals surface area contributed by atoms with Gasteiger partial charge < -0.3 is 10.1 Å². The van der Waals surface area contributed by atoms with Gasteiger partial charge in [-0.2, -0.15) is 0 Å². The predicted molar refractivity (Wildman–Crippen MR) is 103 cm³/mol. The zero-order valence-electron chi connectivity index (χ0n) is 15.1. The van der Waals surface area contributed by atoms with E-state index >= 15 is 0 Å². The molecule has 5 heteroatoms. The number of amides is 1. The number of thioether (sulfide) groups is 1. The van der Waals surface area contributed by atoms with Gasteiger partial charge in [0.2, 0.25) is 0 Å². The van der Waals surface area contributed by atoms with E-state index < -0.39 is 0 Å². The van der Waals surface area contributed by atoms with Crippen LogP contribution in [0, 0.1) is 17.8 Å². The maximum Gasteiger partial charge on any atom is 0.262 e. The lowest BCUT2D eigenvalue weighted by molar-refractivity contribution is -0.118. The van der Waals surface area contributed by atoms with Crippen LogP contribution in [0.25, 0.3) is 0 Å². The van der Waals surface area contributed by atoms with E-state index in [0.717, 1.165) is 17.8 Å². The van der Waals surface area contributed by atoms with E-state index in [1.54, 1.807) is 12.1 Å². The molecule has 138 valence electrons. The van der Waals surface area contributed by atoms with Crippen LogP contribution in [0.1, 0.15) is 55.8 Å². The molecular weight excluding hydrogens is 346 g/mol. The average Bonchev–Trinajstić information content (AvgIpc) is 2.58. The van der Waals surface area contributed by atoms with E-state index in [-0.39, 0.29) is 23.5 Å². The Bertz CT molecular complexity index is 739. The summed E-state index contributed by atoms with van der Waals surface area (Å²) >= 11 is 1.93. The number of ketones is 1. The summed E-state index contributed by atoms with van der Waals surface area (Å²) in [4.78, 5) is 24.6. The molecule has 1 aromatic carbocycles. The van der Waals surface area contributed by atoms with Crippen molar-refractivity contribution in [2.24, 2.45) is 17.8 Å². The average molecular weight is 372 g/mol. The number of hydrogen-bond acceptors (Lipinski definition) is 4. The van der Waals surface area contributed by atoms with Gasteiger partial charge in [-0.3, -0.25) is 9.59 Å². The zero-order chi connectivity index (χ0) is 17.9. The smallest absolute Gasteiger partial charge is 0.262 e. The molecule has 4 aliphatic carbocycles. The fourth-order valence-electron chi connectivity index (χ4n) is 6.08. The molecule has 1 aliphatic heterocycles. The van der Waals surface area contributed by atoms with Crippen molar-refractivity contribution < 1.29 is 14.3 Å². The maximum atomic E-state index is 13.1. The van der Waals surface area contributed by atoms with E-state index in [9.17, 15) is 9.59 Å². The molecule has 0 saturated heterocycles. The van der Waals surface area contributed by atoms with Gasteiger partial charge in [0.15, 0.2) is 12.4 Å². The lowest BCUT2D eigenvalue weighted by Crippen LogP contribution is -2.49. The number of Topliss-reactive ketones (excluding diaryl/α,β-unsaturated/α-hetero) is 1. The molecule has 4 nitrogen and oxygen atoms in total. The monoisotopic (exact) mass is 371 g/mol. The van der Waals surface area contributed by atoms with Gasteiger partial charge in [-0.05, 0) is 81.4 Å². The summed E-state index contributed by atoms with van der Waals surface area (Å²) in [5, 5.41) is 2.75. The predicted octanol–water partition coefficient (Wildman–Crippen LogP) is 4.29. The number of rotatable bonds is 4. The highest BCUT2D eigenvalue weighted by Gasteiger charge is 2.52. The van der Waals surface area contributed by atoms with E-state index in [1.165, 1.54) is 38.5 Å². The van der Waals surface area contributed by atoms with Crippen molar-refractivity contribution in [1.82, 2.24) is 0 Å². The van der Waals surface area contributed by atoms with Crippen LogP contribution in [0.4, 0.5) is 5.69 Å². The third-order valence-electron chi connectivity index (χ3n) is 6.67. The summed E-state index contributed by atoms with van der Waals surface area (Å²) in [5.41, 5.74) is 1.28. The first-order chi connectivity index (χ1) is 12.5. The highest BCUT2D eigenvalue weighted by molar-refractivity contribution is 8.02. The Balaban J connectivity index is 1.33. The molecule has 0 aromatic heterocycles. The molecule has 1 aromatic rings. The quantitative estimate of drug-likeness (QED) is 0.802. The van der Waals surface area contributed by atoms with Crippen LogP contribution in [0.2, 0.25) is 0 Å². The second-order valence-corrected chi connectivity index (χ2v) is 10.6. The van der Waals surface area contributed by atoms with Gasteiger partial charge in [0, 0.05) is 10.3 Å². The van der Waals surface area contributed by atoms with E-state index in [2.05, 4.69) is 12.2 Å². The van der Waals surface area contributed by atoms with Crippen molar-refractivity contribution in [2.75, 3.05) is 11.9 Å². The Morgan fingerprint density at radius 3 is 2.50 bits per heavy atom. The first-order valence-electron chi connectivity index (χ1n) is 9.78. The Morgan fingerprint density at radius 2 is 1.85 bits per heavy atom. The van der Waals surface area contributed by atoms with Crippen molar-refractivity contribution in [3.63, 3.8) is 0 Å².